The number of pyridine rings is 1. The van der Waals surface area contributed by atoms with Crippen molar-refractivity contribution in [2.24, 2.45) is 0 Å². The van der Waals surface area contributed by atoms with Gasteiger partial charge in [0.2, 0.25) is 11.8 Å². The molecule has 0 spiro atoms. The van der Waals surface area contributed by atoms with Gasteiger partial charge in [-0.1, -0.05) is 30.3 Å². The first kappa shape index (κ1) is 21.9. The van der Waals surface area contributed by atoms with Crippen LogP contribution in [0.3, 0.4) is 0 Å². The van der Waals surface area contributed by atoms with Crippen LogP contribution in [0.1, 0.15) is 41.3 Å². The van der Waals surface area contributed by atoms with Crippen molar-refractivity contribution < 1.29 is 9.59 Å². The summed E-state index contributed by atoms with van der Waals surface area (Å²) in [6.07, 6.45) is 0.543. The monoisotopic (exact) mass is 394 g/mol. The van der Waals surface area contributed by atoms with Crippen molar-refractivity contribution in [1.82, 2.24) is 15.2 Å². The van der Waals surface area contributed by atoms with E-state index in [0.717, 1.165) is 11.1 Å². The lowest BCUT2D eigenvalue weighted by Crippen LogP contribution is -2.39. The van der Waals surface area contributed by atoms with Crippen LogP contribution in [0.2, 0.25) is 0 Å². The summed E-state index contributed by atoms with van der Waals surface area (Å²) < 4.78 is 0. The minimum atomic E-state index is -0.417. The average molecular weight is 394 g/mol. The molecule has 0 atom stereocenters. The third-order valence-corrected chi connectivity index (χ3v) is 4.91. The topological polar surface area (TPSA) is 106 Å². The molecule has 0 aliphatic rings. The molecule has 0 aliphatic heterocycles. The summed E-state index contributed by atoms with van der Waals surface area (Å²) in [7, 11) is 0. The minimum Gasteiger partial charge on any atom is -0.347 e. The Morgan fingerprint density at radius 2 is 1.90 bits per heavy atom. The molecule has 2 amide bonds. The van der Waals surface area contributed by atoms with Crippen molar-refractivity contribution in [2.45, 2.75) is 40.2 Å². The number of aromatic amines is 1. The fraction of sp³-hybridized carbons (Fsp3) is 0.364. The normalized spacial score (nSPS) is 10.3. The summed E-state index contributed by atoms with van der Waals surface area (Å²) in [5, 5.41) is 11.8. The summed E-state index contributed by atoms with van der Waals surface area (Å²) in [6, 6.07) is 11.6. The molecule has 0 unspecified atom stereocenters. The van der Waals surface area contributed by atoms with Gasteiger partial charge in [-0.25, -0.2) is 0 Å². The molecule has 152 valence electrons. The second-order valence-corrected chi connectivity index (χ2v) is 6.84. The van der Waals surface area contributed by atoms with Gasteiger partial charge in [0.15, 0.2) is 0 Å². The van der Waals surface area contributed by atoms with Crippen molar-refractivity contribution in [2.75, 3.05) is 13.1 Å². The van der Waals surface area contributed by atoms with Crippen LogP contribution in [-0.2, 0) is 22.6 Å². The number of H-pyrrole nitrogens is 1. The number of likely N-dealkylation sites (N-methyl/N-ethyl adjacent to an activating group) is 1. The Hall–Kier alpha value is -3.40. The predicted molar refractivity (Wildman–Crippen MR) is 110 cm³/mol. The Kier molecular flexibility index (Phi) is 7.72. The van der Waals surface area contributed by atoms with Crippen LogP contribution in [0.5, 0.6) is 0 Å². The fourth-order valence-electron chi connectivity index (χ4n) is 3.21. The second kappa shape index (κ2) is 10.2. The average Bonchev–Trinajstić information content (AvgIpc) is 2.70. The van der Waals surface area contributed by atoms with Crippen LogP contribution < -0.4 is 10.9 Å². The molecule has 2 N–H and O–H groups in total. The summed E-state index contributed by atoms with van der Waals surface area (Å²) >= 11 is 0. The Balaban J connectivity index is 1.91. The van der Waals surface area contributed by atoms with Gasteiger partial charge in [0.1, 0.15) is 11.6 Å². The van der Waals surface area contributed by atoms with Crippen molar-refractivity contribution >= 4 is 11.8 Å². The highest BCUT2D eigenvalue weighted by Gasteiger charge is 2.15. The van der Waals surface area contributed by atoms with Gasteiger partial charge in [-0.3, -0.25) is 14.4 Å². The zero-order chi connectivity index (χ0) is 21.4. The molecular formula is C22H26N4O3. The van der Waals surface area contributed by atoms with E-state index < -0.39 is 5.56 Å². The smallest absolute Gasteiger partial charge is 0.266 e. The van der Waals surface area contributed by atoms with Gasteiger partial charge in [0, 0.05) is 25.2 Å². The molecule has 1 aromatic carbocycles. The number of hydrogen-bond donors (Lipinski definition) is 2. The molecule has 2 aromatic rings. The molecule has 0 saturated carbocycles. The van der Waals surface area contributed by atoms with Gasteiger partial charge in [-0.2, -0.15) is 5.26 Å². The molecule has 0 aliphatic carbocycles. The summed E-state index contributed by atoms with van der Waals surface area (Å²) in [4.78, 5) is 40.8. The zero-order valence-electron chi connectivity index (χ0n) is 17.0. The van der Waals surface area contributed by atoms with Crippen molar-refractivity contribution in [3.05, 3.63) is 68.6 Å². The SMILES string of the molecule is CCN(Cc1ccccc1)C(=O)CNC(=O)CCc1c(C)[nH]c(=O)c(C#N)c1C. The maximum Gasteiger partial charge on any atom is 0.266 e. The molecule has 0 saturated heterocycles. The quantitative estimate of drug-likeness (QED) is 0.714. The van der Waals surface area contributed by atoms with E-state index in [1.807, 2.05) is 43.3 Å². The number of benzene rings is 1. The predicted octanol–water partition coefficient (Wildman–Crippen LogP) is 1.96. The molecule has 1 aromatic heterocycles. The van der Waals surface area contributed by atoms with Crippen LogP contribution in [0.15, 0.2) is 35.1 Å². The van der Waals surface area contributed by atoms with Crippen LogP contribution in [0, 0.1) is 25.2 Å². The first-order valence-electron chi connectivity index (χ1n) is 9.58. The van der Waals surface area contributed by atoms with Gasteiger partial charge >= 0.3 is 0 Å². The van der Waals surface area contributed by atoms with Gasteiger partial charge in [0.05, 0.1) is 6.54 Å². The van der Waals surface area contributed by atoms with Crippen LogP contribution >= 0.6 is 0 Å². The lowest BCUT2D eigenvalue weighted by atomic mass is 9.99. The van der Waals surface area contributed by atoms with E-state index in [9.17, 15) is 14.4 Å². The van der Waals surface area contributed by atoms with Crippen molar-refractivity contribution in [3.8, 4) is 6.07 Å². The number of carbonyl (C=O) groups excluding carboxylic acids is 2. The van der Waals surface area contributed by atoms with E-state index in [4.69, 9.17) is 5.26 Å². The van der Waals surface area contributed by atoms with Gasteiger partial charge in [0.25, 0.3) is 5.56 Å². The highest BCUT2D eigenvalue weighted by atomic mass is 16.2. The van der Waals surface area contributed by atoms with Crippen molar-refractivity contribution in [3.63, 3.8) is 0 Å². The number of amides is 2. The van der Waals surface area contributed by atoms with Crippen molar-refractivity contribution in [1.29, 1.82) is 5.26 Å². The third-order valence-electron chi connectivity index (χ3n) is 4.91. The van der Waals surface area contributed by atoms with Crippen LogP contribution in [-0.4, -0.2) is 34.8 Å². The standard InChI is InChI=1S/C22H26N4O3/c1-4-26(14-17-8-6-5-7-9-17)21(28)13-24-20(27)11-10-18-15(2)19(12-23)22(29)25-16(18)3/h5-9H,4,10-11,13-14H2,1-3H3,(H,24,27)(H,25,29). The molecule has 0 radical (unpaired) electrons. The Morgan fingerprint density at radius 3 is 2.52 bits per heavy atom. The first-order chi connectivity index (χ1) is 13.9. The van der Waals surface area contributed by atoms with Crippen LogP contribution in [0.25, 0.3) is 0 Å². The molecular weight excluding hydrogens is 368 g/mol. The molecule has 29 heavy (non-hydrogen) atoms. The Labute approximate surface area is 170 Å². The van der Waals surface area contributed by atoms with Gasteiger partial charge in [-0.05, 0) is 43.9 Å². The molecule has 0 fully saturated rings. The minimum absolute atomic E-state index is 0.0630. The third kappa shape index (κ3) is 5.79. The maximum atomic E-state index is 12.4. The number of nitriles is 1. The number of aryl methyl sites for hydroxylation is 1. The van der Waals surface area contributed by atoms with E-state index in [1.165, 1.54) is 0 Å². The first-order valence-corrected chi connectivity index (χ1v) is 9.58. The zero-order valence-corrected chi connectivity index (χ0v) is 17.0. The molecule has 2 rings (SSSR count). The number of aromatic nitrogens is 1. The number of hydrogen-bond acceptors (Lipinski definition) is 4. The highest BCUT2D eigenvalue weighted by molar-refractivity contribution is 5.84. The molecule has 7 nitrogen and oxygen atoms in total. The molecule has 1 heterocycles. The van der Waals surface area contributed by atoms with E-state index in [2.05, 4.69) is 10.3 Å². The largest absolute Gasteiger partial charge is 0.347 e. The molecule has 7 heteroatoms. The number of carbonyl (C=O) groups is 2. The van der Waals surface area contributed by atoms with Gasteiger partial charge < -0.3 is 15.2 Å². The van der Waals surface area contributed by atoms with Crippen LogP contribution in [0.4, 0.5) is 0 Å². The van der Waals surface area contributed by atoms with E-state index in [0.29, 0.717) is 30.8 Å². The van der Waals surface area contributed by atoms with E-state index in [1.54, 1.807) is 18.7 Å². The second-order valence-electron chi connectivity index (χ2n) is 6.84. The summed E-state index contributed by atoms with van der Waals surface area (Å²) in [6.45, 7) is 6.34. The van der Waals surface area contributed by atoms with Gasteiger partial charge in [-0.15, -0.1) is 0 Å². The van der Waals surface area contributed by atoms with E-state index >= 15 is 0 Å². The number of nitrogens with zero attached hydrogens (tertiary/aromatic N) is 2. The number of nitrogens with one attached hydrogen (secondary N) is 2. The highest BCUT2D eigenvalue weighted by Crippen LogP contribution is 2.14. The lowest BCUT2D eigenvalue weighted by Gasteiger charge is -2.21. The molecule has 0 bridgehead atoms. The Morgan fingerprint density at radius 1 is 1.21 bits per heavy atom. The summed E-state index contributed by atoms with van der Waals surface area (Å²) in [5.74, 6) is -0.398. The van der Waals surface area contributed by atoms with E-state index in [-0.39, 0.29) is 30.3 Å². The summed E-state index contributed by atoms with van der Waals surface area (Å²) in [5.41, 5.74) is 2.71. The maximum absolute atomic E-state index is 12.4. The Bertz CT molecular complexity index is 974. The number of rotatable bonds is 8. The lowest BCUT2D eigenvalue weighted by molar-refractivity contribution is -0.133. The fourth-order valence-corrected chi connectivity index (χ4v) is 3.21.